The average Bonchev–Trinajstić information content (AvgIpc) is 3.12. The van der Waals surface area contributed by atoms with Crippen LogP contribution in [0.4, 0.5) is 11.4 Å². The molecule has 0 radical (unpaired) electrons. The van der Waals surface area contributed by atoms with Crippen LogP contribution in [0.15, 0.2) is 22.1 Å². The van der Waals surface area contributed by atoms with Crippen LogP contribution >= 0.6 is 11.8 Å². The first-order valence-corrected chi connectivity index (χ1v) is 9.27. The number of rotatable bonds is 0. The third-order valence-electron chi connectivity index (χ3n) is 5.89. The summed E-state index contributed by atoms with van der Waals surface area (Å²) in [6.45, 7) is 0.755. The van der Waals surface area contributed by atoms with Gasteiger partial charge >= 0.3 is 0 Å². The van der Waals surface area contributed by atoms with Crippen LogP contribution < -0.4 is 15.9 Å². The lowest BCUT2D eigenvalue weighted by Crippen LogP contribution is -2.47. The predicted molar refractivity (Wildman–Crippen MR) is 93.8 cm³/mol. The van der Waals surface area contributed by atoms with Crippen molar-refractivity contribution in [2.45, 2.75) is 35.3 Å². The van der Waals surface area contributed by atoms with E-state index in [0.717, 1.165) is 41.2 Å². The van der Waals surface area contributed by atoms with Crippen LogP contribution in [0.25, 0.3) is 5.57 Å². The van der Waals surface area contributed by atoms with Crippen molar-refractivity contribution < 1.29 is 9.90 Å². The third-order valence-corrected chi connectivity index (χ3v) is 7.42. The summed E-state index contributed by atoms with van der Waals surface area (Å²) in [4.78, 5) is 21.3. The number of anilines is 1. The number of aromatic hydroxyl groups is 1. The molecule has 6 heteroatoms. The zero-order valence-corrected chi connectivity index (χ0v) is 13.7. The van der Waals surface area contributed by atoms with Gasteiger partial charge in [0, 0.05) is 40.6 Å². The second kappa shape index (κ2) is 4.11. The molecule has 120 valence electrons. The van der Waals surface area contributed by atoms with Crippen LogP contribution in [0.5, 0.6) is 5.75 Å². The van der Waals surface area contributed by atoms with Gasteiger partial charge in [0.15, 0.2) is 11.5 Å². The molecule has 1 fully saturated rings. The monoisotopic (exact) mass is 337 g/mol. The number of aliphatic imine (C=N–C) groups is 1. The molecule has 0 aromatic heterocycles. The van der Waals surface area contributed by atoms with Crippen molar-refractivity contribution in [3.8, 4) is 5.75 Å². The van der Waals surface area contributed by atoms with Gasteiger partial charge in [-0.25, -0.2) is 0 Å². The lowest BCUT2D eigenvalue weighted by molar-refractivity contribution is -0.115. The molecule has 0 saturated carbocycles. The number of allylic oxidation sites excluding steroid dienone is 2. The molecule has 24 heavy (non-hydrogen) atoms. The summed E-state index contributed by atoms with van der Waals surface area (Å²) in [5.74, 6) is 0.432. The summed E-state index contributed by atoms with van der Waals surface area (Å²) in [7, 11) is 0. The van der Waals surface area contributed by atoms with E-state index in [1.54, 1.807) is 6.08 Å². The predicted octanol–water partition coefficient (Wildman–Crippen LogP) is 1.31. The van der Waals surface area contributed by atoms with Gasteiger partial charge in [-0.15, -0.1) is 11.8 Å². The van der Waals surface area contributed by atoms with Gasteiger partial charge in [0.1, 0.15) is 5.69 Å². The summed E-state index contributed by atoms with van der Waals surface area (Å²) >= 11 is 1.82. The van der Waals surface area contributed by atoms with Gasteiger partial charge < -0.3 is 10.4 Å². The second-order valence-corrected chi connectivity index (χ2v) is 8.50. The molecule has 1 spiro atoms. The molecule has 1 aliphatic carbocycles. The third kappa shape index (κ3) is 1.38. The summed E-state index contributed by atoms with van der Waals surface area (Å²) in [6.07, 6.45) is 8.06. The van der Waals surface area contributed by atoms with Gasteiger partial charge in [-0.1, -0.05) is 6.08 Å². The van der Waals surface area contributed by atoms with Crippen LogP contribution in [0.2, 0.25) is 0 Å². The van der Waals surface area contributed by atoms with Crippen molar-refractivity contribution in [2.75, 3.05) is 11.9 Å². The number of fused-ring (bicyclic) bond motifs is 3. The normalized spacial score (nSPS) is 33.7. The topological polar surface area (TPSA) is 74.0 Å². The first kappa shape index (κ1) is 13.2. The number of ketones is 1. The largest absolute Gasteiger partial charge is 0.504 e. The maximum atomic E-state index is 12.0. The van der Waals surface area contributed by atoms with Gasteiger partial charge in [-0.2, -0.15) is 0 Å². The summed E-state index contributed by atoms with van der Waals surface area (Å²) < 4.78 is 0. The highest BCUT2D eigenvalue weighted by Crippen LogP contribution is 2.59. The molecule has 1 saturated heterocycles. The Morgan fingerprint density at radius 1 is 1.42 bits per heavy atom. The van der Waals surface area contributed by atoms with E-state index in [0.29, 0.717) is 12.1 Å². The molecule has 6 rings (SSSR count). The standard InChI is InChI=1S/C18H15N3O2S/c22-9-1-3-18-6-11(24-10(18)5-9)21-16-13(18)14-12-8(2-4-19-14)7-20-15(12)17(16)23/h1,3,7,10-11,21,23H,2,4-6H2/t10?,11-,18-/m0/s1. The quantitative estimate of drug-likeness (QED) is 0.700. The van der Waals surface area contributed by atoms with Crippen LogP contribution in [0.3, 0.4) is 0 Å². The maximum absolute atomic E-state index is 12.0. The smallest absolute Gasteiger partial charge is 0.165 e. The minimum Gasteiger partial charge on any atom is -0.504 e. The number of thioether (sulfide) groups is 1. The molecule has 2 N–H and O–H groups in total. The number of benzene rings is 1. The highest BCUT2D eigenvalue weighted by Gasteiger charge is 2.55. The fraction of sp³-hybridized carbons (Fsp3) is 0.389. The molecule has 1 aromatic rings. The molecule has 4 aliphatic heterocycles. The van der Waals surface area contributed by atoms with E-state index in [1.807, 2.05) is 18.0 Å². The Morgan fingerprint density at radius 3 is 3.25 bits per heavy atom. The Morgan fingerprint density at radius 2 is 2.33 bits per heavy atom. The first-order chi connectivity index (χ1) is 11.7. The van der Waals surface area contributed by atoms with Crippen molar-refractivity contribution in [2.24, 2.45) is 9.98 Å². The fourth-order valence-electron chi connectivity index (χ4n) is 4.87. The van der Waals surface area contributed by atoms with Crippen molar-refractivity contribution in [3.05, 3.63) is 28.3 Å². The molecule has 5 nitrogen and oxygen atoms in total. The van der Waals surface area contributed by atoms with E-state index in [9.17, 15) is 9.90 Å². The van der Waals surface area contributed by atoms with Crippen molar-refractivity contribution in [1.82, 2.24) is 0 Å². The van der Waals surface area contributed by atoms with Gasteiger partial charge in [0.2, 0.25) is 0 Å². The average molecular weight is 337 g/mol. The highest BCUT2D eigenvalue weighted by molar-refractivity contribution is 8.01. The zero-order valence-electron chi connectivity index (χ0n) is 12.9. The zero-order chi connectivity index (χ0) is 16.1. The Hall–Kier alpha value is -2.08. The Bertz CT molecular complexity index is 1030. The first-order valence-electron chi connectivity index (χ1n) is 8.32. The van der Waals surface area contributed by atoms with Crippen LogP contribution in [-0.4, -0.2) is 34.3 Å². The lowest BCUT2D eigenvalue weighted by Gasteiger charge is -2.38. The van der Waals surface area contributed by atoms with Crippen molar-refractivity contribution >= 4 is 40.7 Å². The molecule has 4 heterocycles. The molecule has 3 atom stereocenters. The van der Waals surface area contributed by atoms with Gasteiger partial charge in [0.05, 0.1) is 16.4 Å². The minimum absolute atomic E-state index is 0.193. The summed E-state index contributed by atoms with van der Waals surface area (Å²) in [5, 5.41) is 16.8. The van der Waals surface area contributed by atoms with Gasteiger partial charge in [0.25, 0.3) is 0 Å². The highest BCUT2D eigenvalue weighted by atomic mass is 32.2. The molecule has 2 bridgehead atoms. The lowest BCUT2D eigenvalue weighted by atomic mass is 9.68. The van der Waals surface area contributed by atoms with E-state index >= 15 is 0 Å². The van der Waals surface area contributed by atoms with E-state index in [1.165, 1.54) is 5.57 Å². The number of hydrogen-bond acceptors (Lipinski definition) is 6. The van der Waals surface area contributed by atoms with Crippen molar-refractivity contribution in [3.63, 3.8) is 0 Å². The van der Waals surface area contributed by atoms with E-state index < -0.39 is 0 Å². The summed E-state index contributed by atoms with van der Waals surface area (Å²) in [5.41, 5.74) is 3.48. The Kier molecular flexibility index (Phi) is 2.27. The SMILES string of the molecule is O=C1C=C[C@@]23C[C@@H](Nc4c(O)c5c6c(c42)=NCCC=6C=N5)SC3C1. The van der Waals surface area contributed by atoms with E-state index in [2.05, 4.69) is 16.4 Å². The maximum Gasteiger partial charge on any atom is 0.165 e. The number of carbonyl (C=O) groups excluding carboxylic acids is 1. The number of phenols is 1. The van der Waals surface area contributed by atoms with Gasteiger partial charge in [-0.3, -0.25) is 14.8 Å². The molecular formula is C18H15N3O2S. The molecule has 0 amide bonds. The number of phenolic OH excluding ortho intramolecular Hbond substituents is 1. The van der Waals surface area contributed by atoms with Crippen molar-refractivity contribution in [1.29, 1.82) is 0 Å². The van der Waals surface area contributed by atoms with Crippen LogP contribution in [-0.2, 0) is 10.2 Å². The number of nitrogens with zero attached hydrogens (tertiary/aromatic N) is 2. The van der Waals surface area contributed by atoms with E-state index in [-0.39, 0.29) is 27.6 Å². The molecule has 1 unspecified atom stereocenters. The van der Waals surface area contributed by atoms with E-state index in [4.69, 9.17) is 4.99 Å². The second-order valence-electron chi connectivity index (χ2n) is 7.09. The van der Waals surface area contributed by atoms with Crippen LogP contribution in [0, 0.1) is 0 Å². The van der Waals surface area contributed by atoms with Crippen LogP contribution in [0.1, 0.15) is 24.8 Å². The Balaban J connectivity index is 1.79. The molecular weight excluding hydrogens is 322 g/mol. The number of hydrogen-bond donors (Lipinski definition) is 2. The minimum atomic E-state index is -0.208. The molecule has 1 aromatic carbocycles. The Labute approximate surface area is 142 Å². The van der Waals surface area contributed by atoms with Gasteiger partial charge in [-0.05, 0) is 24.5 Å². The molecule has 5 aliphatic rings. The number of carbonyl (C=O) groups is 1. The summed E-state index contributed by atoms with van der Waals surface area (Å²) in [6, 6.07) is 0. The fourth-order valence-corrected chi connectivity index (χ4v) is 6.62. The number of nitrogens with one attached hydrogen (secondary N) is 1.